The first-order valence-electron chi connectivity index (χ1n) is 5.50. The molecule has 1 rings (SSSR count). The average molecular weight is 241 g/mol. The van der Waals surface area contributed by atoms with Crippen LogP contribution in [0.25, 0.3) is 0 Å². The van der Waals surface area contributed by atoms with Crippen molar-refractivity contribution in [1.82, 2.24) is 15.1 Å². The van der Waals surface area contributed by atoms with Crippen LogP contribution in [-0.4, -0.2) is 36.0 Å². The third-order valence-electron chi connectivity index (χ3n) is 2.49. The van der Waals surface area contributed by atoms with Gasteiger partial charge in [0.15, 0.2) is 0 Å². The number of methoxy groups -OCH3 is 2. The summed E-state index contributed by atoms with van der Waals surface area (Å²) in [5.74, 6) is 0.315. The fourth-order valence-electron chi connectivity index (χ4n) is 1.58. The van der Waals surface area contributed by atoms with Crippen LogP contribution in [0.1, 0.15) is 18.9 Å². The summed E-state index contributed by atoms with van der Waals surface area (Å²) in [5, 5.41) is 7.25. The van der Waals surface area contributed by atoms with E-state index in [-0.39, 0.29) is 12.0 Å². The molecule has 0 aliphatic heterocycles. The molecule has 0 bridgehead atoms. The van der Waals surface area contributed by atoms with E-state index in [1.54, 1.807) is 11.8 Å². The van der Waals surface area contributed by atoms with Crippen LogP contribution in [0.3, 0.4) is 0 Å². The maximum atomic E-state index is 11.4. The monoisotopic (exact) mass is 241 g/mol. The maximum Gasteiger partial charge on any atom is 0.322 e. The minimum atomic E-state index is -0.301. The molecule has 0 radical (unpaired) electrons. The lowest BCUT2D eigenvalue weighted by Gasteiger charge is -2.13. The molecule has 0 saturated carbocycles. The zero-order valence-electron chi connectivity index (χ0n) is 10.7. The highest BCUT2D eigenvalue weighted by atomic mass is 16.5. The van der Waals surface area contributed by atoms with Crippen LogP contribution >= 0.6 is 0 Å². The molecular weight excluding hydrogens is 222 g/mol. The summed E-state index contributed by atoms with van der Waals surface area (Å²) < 4.78 is 11.5. The van der Waals surface area contributed by atoms with Gasteiger partial charge in [0.2, 0.25) is 5.88 Å². The van der Waals surface area contributed by atoms with E-state index in [0.717, 1.165) is 5.56 Å². The maximum absolute atomic E-state index is 11.4. The Balaban J connectivity index is 2.62. The third kappa shape index (κ3) is 3.45. The predicted octanol–water partition coefficient (Wildman–Crippen LogP) is 0.470. The average Bonchev–Trinajstić information content (AvgIpc) is 2.70. The quantitative estimate of drug-likeness (QED) is 0.733. The topological polar surface area (TPSA) is 65.4 Å². The molecule has 1 heterocycles. The lowest BCUT2D eigenvalue weighted by molar-refractivity contribution is -0.143. The van der Waals surface area contributed by atoms with E-state index in [2.05, 4.69) is 10.4 Å². The number of ether oxygens (including phenoxy) is 2. The van der Waals surface area contributed by atoms with Crippen molar-refractivity contribution in [3.05, 3.63) is 11.8 Å². The number of nitrogens with zero attached hydrogens (tertiary/aromatic N) is 2. The highest BCUT2D eigenvalue weighted by Gasteiger charge is 2.17. The normalized spacial score (nSPS) is 12.2. The first kappa shape index (κ1) is 13.5. The van der Waals surface area contributed by atoms with Gasteiger partial charge < -0.3 is 14.8 Å². The standard InChI is InChI=1S/C11H19N3O3/c1-5-9(11(15)17-4)12-6-8-7-14(2)13-10(8)16-3/h7,9,12H,5-6H2,1-4H3. The fraction of sp³-hybridized carbons (Fsp3) is 0.636. The van der Waals surface area contributed by atoms with Gasteiger partial charge in [-0.25, -0.2) is 0 Å². The molecule has 1 aromatic rings. The van der Waals surface area contributed by atoms with Gasteiger partial charge in [-0.2, -0.15) is 0 Å². The molecule has 0 aliphatic carbocycles. The van der Waals surface area contributed by atoms with Crippen LogP contribution in [0.5, 0.6) is 5.88 Å². The van der Waals surface area contributed by atoms with Crippen molar-refractivity contribution < 1.29 is 14.3 Å². The molecule has 1 aromatic heterocycles. The van der Waals surface area contributed by atoms with Crippen LogP contribution in [0.4, 0.5) is 0 Å². The molecule has 0 fully saturated rings. The van der Waals surface area contributed by atoms with Crippen molar-refractivity contribution in [2.75, 3.05) is 14.2 Å². The van der Waals surface area contributed by atoms with Gasteiger partial charge in [-0.3, -0.25) is 9.48 Å². The Labute approximate surface area is 101 Å². The van der Waals surface area contributed by atoms with E-state index in [9.17, 15) is 4.79 Å². The molecule has 0 aliphatic rings. The van der Waals surface area contributed by atoms with Crippen molar-refractivity contribution in [3.63, 3.8) is 0 Å². The van der Waals surface area contributed by atoms with Gasteiger partial charge in [0.25, 0.3) is 0 Å². The van der Waals surface area contributed by atoms with E-state index in [1.807, 2.05) is 20.2 Å². The summed E-state index contributed by atoms with van der Waals surface area (Å²) in [6.07, 6.45) is 2.53. The molecule has 1 atom stereocenters. The lowest BCUT2D eigenvalue weighted by atomic mass is 10.2. The number of carbonyl (C=O) groups excluding carboxylic acids is 1. The second-order valence-corrected chi connectivity index (χ2v) is 3.70. The second-order valence-electron chi connectivity index (χ2n) is 3.70. The molecular formula is C11H19N3O3. The Morgan fingerprint density at radius 3 is 2.82 bits per heavy atom. The third-order valence-corrected chi connectivity index (χ3v) is 2.49. The van der Waals surface area contributed by atoms with Crippen molar-refractivity contribution >= 4 is 5.97 Å². The van der Waals surface area contributed by atoms with Gasteiger partial charge in [0.1, 0.15) is 6.04 Å². The Morgan fingerprint density at radius 1 is 1.59 bits per heavy atom. The molecule has 6 heteroatoms. The number of esters is 1. The molecule has 1 N–H and O–H groups in total. The second kappa shape index (κ2) is 6.24. The minimum absolute atomic E-state index is 0.254. The van der Waals surface area contributed by atoms with Gasteiger partial charge in [0.05, 0.1) is 14.2 Å². The number of carbonyl (C=O) groups is 1. The van der Waals surface area contributed by atoms with Crippen molar-refractivity contribution in [3.8, 4) is 5.88 Å². The number of hydrogen-bond acceptors (Lipinski definition) is 5. The zero-order valence-corrected chi connectivity index (χ0v) is 10.7. The molecule has 0 saturated heterocycles. The van der Waals surface area contributed by atoms with E-state index in [4.69, 9.17) is 9.47 Å². The first-order chi connectivity index (χ1) is 8.12. The number of aryl methyl sites for hydroxylation is 1. The van der Waals surface area contributed by atoms with Crippen molar-refractivity contribution in [2.24, 2.45) is 7.05 Å². The van der Waals surface area contributed by atoms with Gasteiger partial charge in [-0.1, -0.05) is 6.92 Å². The van der Waals surface area contributed by atoms with Crippen molar-refractivity contribution in [1.29, 1.82) is 0 Å². The van der Waals surface area contributed by atoms with Crippen LogP contribution < -0.4 is 10.1 Å². The van der Waals surface area contributed by atoms with Crippen LogP contribution in [0.15, 0.2) is 6.20 Å². The molecule has 1 unspecified atom stereocenters. The molecule has 0 spiro atoms. The Kier molecular flexibility index (Phi) is 4.96. The molecule has 6 nitrogen and oxygen atoms in total. The van der Waals surface area contributed by atoms with Gasteiger partial charge in [-0.05, 0) is 6.42 Å². The van der Waals surface area contributed by atoms with Crippen LogP contribution in [0.2, 0.25) is 0 Å². The van der Waals surface area contributed by atoms with E-state index < -0.39 is 0 Å². The number of nitrogens with one attached hydrogen (secondary N) is 1. The summed E-state index contributed by atoms with van der Waals surface area (Å²) >= 11 is 0. The molecule has 0 amide bonds. The largest absolute Gasteiger partial charge is 0.480 e. The SMILES string of the molecule is CCC(NCc1cn(C)nc1OC)C(=O)OC. The molecule has 96 valence electrons. The van der Waals surface area contributed by atoms with Crippen LogP contribution in [-0.2, 0) is 23.1 Å². The highest BCUT2D eigenvalue weighted by molar-refractivity contribution is 5.75. The molecule has 0 aromatic carbocycles. The summed E-state index contributed by atoms with van der Waals surface area (Å²) in [5.41, 5.74) is 0.914. The van der Waals surface area contributed by atoms with E-state index in [1.165, 1.54) is 7.11 Å². The minimum Gasteiger partial charge on any atom is -0.480 e. The summed E-state index contributed by atoms with van der Waals surface area (Å²) in [6.45, 7) is 2.44. The predicted molar refractivity (Wildman–Crippen MR) is 62.7 cm³/mol. The smallest absolute Gasteiger partial charge is 0.322 e. The summed E-state index contributed by atoms with van der Waals surface area (Å²) in [4.78, 5) is 11.4. The summed E-state index contributed by atoms with van der Waals surface area (Å²) in [7, 11) is 4.78. The lowest BCUT2D eigenvalue weighted by Crippen LogP contribution is -2.36. The number of aromatic nitrogens is 2. The van der Waals surface area contributed by atoms with Gasteiger partial charge >= 0.3 is 5.97 Å². The van der Waals surface area contributed by atoms with E-state index >= 15 is 0 Å². The molecule has 17 heavy (non-hydrogen) atoms. The number of rotatable bonds is 6. The Bertz CT molecular complexity index is 376. The van der Waals surface area contributed by atoms with Gasteiger partial charge in [0, 0.05) is 25.4 Å². The van der Waals surface area contributed by atoms with Gasteiger partial charge in [-0.15, -0.1) is 5.10 Å². The van der Waals surface area contributed by atoms with E-state index in [0.29, 0.717) is 18.8 Å². The zero-order chi connectivity index (χ0) is 12.8. The van der Waals surface area contributed by atoms with Crippen LogP contribution in [0, 0.1) is 0 Å². The number of hydrogen-bond donors (Lipinski definition) is 1. The Hall–Kier alpha value is -1.56. The van der Waals surface area contributed by atoms with Crippen molar-refractivity contribution in [2.45, 2.75) is 25.9 Å². The Morgan fingerprint density at radius 2 is 2.29 bits per heavy atom. The summed E-state index contributed by atoms with van der Waals surface area (Å²) in [6, 6.07) is -0.301. The first-order valence-corrected chi connectivity index (χ1v) is 5.50. The fourth-order valence-corrected chi connectivity index (χ4v) is 1.58. The highest BCUT2D eigenvalue weighted by Crippen LogP contribution is 2.14.